The van der Waals surface area contributed by atoms with Crippen LogP contribution in [0.4, 0.5) is 16.4 Å². The second-order valence-electron chi connectivity index (χ2n) is 18.0. The van der Waals surface area contributed by atoms with Crippen molar-refractivity contribution in [2.75, 3.05) is 36.5 Å². The van der Waals surface area contributed by atoms with Crippen molar-refractivity contribution in [2.45, 2.75) is 111 Å². The Balaban J connectivity index is 0.888. The number of rotatable bonds is 9. The third kappa shape index (κ3) is 7.08. The molecule has 4 aliphatic carbocycles. The highest BCUT2D eigenvalue weighted by atomic mass is 16.6. The number of hydrogen-bond acceptors (Lipinski definition) is 6. The number of hydrogen-bond donors (Lipinski definition) is 1. The first kappa shape index (κ1) is 36.4. The predicted octanol–water partition coefficient (Wildman–Crippen LogP) is 11.0. The number of benzene rings is 2. The molecule has 7 heteroatoms. The Labute approximate surface area is 315 Å². The maximum atomic E-state index is 13.2. The molecular formula is C46H60N2O5. The van der Waals surface area contributed by atoms with Gasteiger partial charge in [0.25, 0.3) is 0 Å². The topological polar surface area (TPSA) is 81.0 Å². The second-order valence-corrected chi connectivity index (χ2v) is 18.0. The number of ether oxygens (including phenoxy) is 2. The fourth-order valence-corrected chi connectivity index (χ4v) is 11.6. The maximum absolute atomic E-state index is 13.2. The van der Waals surface area contributed by atoms with Gasteiger partial charge in [0.1, 0.15) is 11.7 Å². The van der Waals surface area contributed by atoms with Crippen LogP contribution < -0.4 is 15.6 Å². The van der Waals surface area contributed by atoms with Crippen molar-refractivity contribution in [3.05, 3.63) is 70.4 Å². The van der Waals surface area contributed by atoms with Gasteiger partial charge < -0.3 is 18.8 Å². The van der Waals surface area contributed by atoms with Crippen LogP contribution in [0.1, 0.15) is 105 Å². The van der Waals surface area contributed by atoms with E-state index in [9.17, 15) is 9.59 Å². The number of carbonyl (C=O) groups excluding carboxylic acids is 1. The molecule has 53 heavy (non-hydrogen) atoms. The van der Waals surface area contributed by atoms with Gasteiger partial charge in [0.2, 0.25) is 0 Å². The van der Waals surface area contributed by atoms with E-state index in [-0.39, 0.29) is 16.9 Å². The lowest BCUT2D eigenvalue weighted by atomic mass is 9.47. The summed E-state index contributed by atoms with van der Waals surface area (Å²) >= 11 is 0. The van der Waals surface area contributed by atoms with Gasteiger partial charge in [-0.1, -0.05) is 82.9 Å². The summed E-state index contributed by atoms with van der Waals surface area (Å²) < 4.78 is 17.9. The van der Waals surface area contributed by atoms with Gasteiger partial charge in [-0.2, -0.15) is 0 Å². The van der Waals surface area contributed by atoms with Crippen LogP contribution in [0, 0.1) is 40.4 Å². The van der Waals surface area contributed by atoms with Crippen LogP contribution in [0.5, 0.6) is 0 Å². The summed E-state index contributed by atoms with van der Waals surface area (Å²) in [5, 5.41) is 3.53. The fourth-order valence-electron chi connectivity index (χ4n) is 11.6. The first-order valence-electron chi connectivity index (χ1n) is 20.8. The SMILES string of the molecule is CC(C)CCCC[C@H]1CC[C@H]2[C@@H]3CC=C4C[C@@H](OC(=O)Nc5ccc(-c6cccc7c(=O)cc(N8CCOCC8)oc67)cc5)CC[C@]4(C)C3CC[C@]12C. The fraction of sp³-hybridized carbons (Fsp3) is 0.609. The number of anilines is 2. The first-order chi connectivity index (χ1) is 25.6. The number of morpholine rings is 1. The third-order valence-electron chi connectivity index (χ3n) is 14.6. The molecule has 0 spiro atoms. The summed E-state index contributed by atoms with van der Waals surface area (Å²) in [5.41, 5.74) is 5.22. The molecule has 3 saturated carbocycles. The van der Waals surface area contributed by atoms with Crippen molar-refractivity contribution in [3.63, 3.8) is 0 Å². The molecule has 1 aromatic heterocycles. The summed E-state index contributed by atoms with van der Waals surface area (Å²) in [4.78, 5) is 28.3. The zero-order valence-electron chi connectivity index (χ0n) is 32.5. The molecule has 0 radical (unpaired) electrons. The molecule has 4 fully saturated rings. The Kier molecular flexibility index (Phi) is 10.2. The lowest BCUT2D eigenvalue weighted by Crippen LogP contribution is -2.50. The first-order valence-corrected chi connectivity index (χ1v) is 20.8. The number of unbranched alkanes of at least 4 members (excludes halogenated alkanes) is 1. The highest BCUT2D eigenvalue weighted by molar-refractivity contribution is 5.93. The van der Waals surface area contributed by atoms with Gasteiger partial charge in [-0.05, 0) is 116 Å². The Bertz CT molecular complexity index is 1870. The molecule has 3 aromatic rings. The van der Waals surface area contributed by atoms with E-state index < -0.39 is 6.09 Å². The van der Waals surface area contributed by atoms with Crippen LogP contribution in [0.2, 0.25) is 0 Å². The second kappa shape index (κ2) is 14.9. The number of para-hydroxylation sites is 1. The number of nitrogens with one attached hydrogen (secondary N) is 1. The summed E-state index contributed by atoms with van der Waals surface area (Å²) in [6.45, 7) is 12.5. The van der Waals surface area contributed by atoms with E-state index >= 15 is 0 Å². The predicted molar refractivity (Wildman–Crippen MR) is 213 cm³/mol. The Morgan fingerprint density at radius 2 is 1.79 bits per heavy atom. The van der Waals surface area contributed by atoms with Gasteiger partial charge in [-0.25, -0.2) is 4.79 Å². The maximum Gasteiger partial charge on any atom is 0.411 e. The van der Waals surface area contributed by atoms with Gasteiger partial charge in [0, 0.05) is 36.8 Å². The van der Waals surface area contributed by atoms with Crippen LogP contribution in [0.15, 0.2) is 69.4 Å². The van der Waals surface area contributed by atoms with Crippen molar-refractivity contribution < 1.29 is 18.7 Å². The molecule has 1 aliphatic heterocycles. The highest BCUT2D eigenvalue weighted by Gasteiger charge is 2.58. The minimum absolute atomic E-state index is 0.0607. The minimum atomic E-state index is -0.397. The molecule has 2 heterocycles. The Morgan fingerprint density at radius 3 is 2.58 bits per heavy atom. The standard InChI is InChI=1S/C46H60N2O5/c1-30(2)8-5-6-9-32-15-19-39-37-18-14-33-28-35(20-22-46(33,4)40(37)21-23-45(32,39)3)52-44(50)47-34-16-12-31(13-17-34)36-10-7-11-38-41(49)29-42(53-43(36)38)48-24-26-51-27-25-48/h7,10-14,16-17,29-30,32,35,37,39-40H,5-6,8-9,15,18-28H2,1-4H3,(H,47,50)/t32-,35-,37-,39-,40?,45+,46-/m0/s1. The molecule has 1 unspecified atom stereocenters. The van der Waals surface area contributed by atoms with Gasteiger partial charge in [0.15, 0.2) is 11.3 Å². The van der Waals surface area contributed by atoms with E-state index in [4.69, 9.17) is 13.9 Å². The van der Waals surface area contributed by atoms with Crippen molar-refractivity contribution >= 4 is 28.6 Å². The number of amides is 1. The molecule has 1 saturated heterocycles. The monoisotopic (exact) mass is 720 g/mol. The average Bonchev–Trinajstić information content (AvgIpc) is 3.50. The molecule has 1 amide bonds. The molecule has 0 bridgehead atoms. The molecule has 7 nitrogen and oxygen atoms in total. The molecule has 8 rings (SSSR count). The third-order valence-corrected chi connectivity index (χ3v) is 14.6. The average molecular weight is 721 g/mol. The van der Waals surface area contributed by atoms with Crippen LogP contribution in [0.3, 0.4) is 0 Å². The quantitative estimate of drug-likeness (QED) is 0.175. The minimum Gasteiger partial charge on any atom is -0.446 e. The van der Waals surface area contributed by atoms with Crippen molar-refractivity contribution in [1.82, 2.24) is 0 Å². The van der Waals surface area contributed by atoms with E-state index in [0.29, 0.717) is 54.3 Å². The zero-order valence-corrected chi connectivity index (χ0v) is 32.5. The van der Waals surface area contributed by atoms with E-state index in [1.54, 1.807) is 12.1 Å². The van der Waals surface area contributed by atoms with Crippen LogP contribution in [-0.2, 0) is 9.47 Å². The number of allylic oxidation sites excluding steroid dienone is 1. The van der Waals surface area contributed by atoms with Gasteiger partial charge in [-0.3, -0.25) is 10.1 Å². The summed E-state index contributed by atoms with van der Waals surface area (Å²) in [6.07, 6.45) is 17.4. The normalized spacial score (nSPS) is 31.1. The van der Waals surface area contributed by atoms with E-state index in [1.807, 2.05) is 36.4 Å². The molecule has 5 aliphatic rings. The summed E-state index contributed by atoms with van der Waals surface area (Å²) in [7, 11) is 0. The molecule has 1 N–H and O–H groups in total. The number of fused-ring (bicyclic) bond motifs is 6. The van der Waals surface area contributed by atoms with E-state index in [2.05, 4.69) is 44.0 Å². The van der Waals surface area contributed by atoms with Crippen LogP contribution in [-0.4, -0.2) is 38.5 Å². The van der Waals surface area contributed by atoms with Crippen molar-refractivity contribution in [2.24, 2.45) is 40.4 Å². The van der Waals surface area contributed by atoms with Crippen molar-refractivity contribution in [3.8, 4) is 11.1 Å². The number of carbonyl (C=O) groups is 1. The molecule has 2 aromatic carbocycles. The zero-order chi connectivity index (χ0) is 36.7. The largest absolute Gasteiger partial charge is 0.446 e. The van der Waals surface area contributed by atoms with Crippen molar-refractivity contribution in [1.29, 1.82) is 0 Å². The Hall–Kier alpha value is -3.58. The molecular weight excluding hydrogens is 661 g/mol. The summed E-state index contributed by atoms with van der Waals surface area (Å²) in [6, 6.07) is 14.9. The van der Waals surface area contributed by atoms with E-state index in [1.165, 1.54) is 63.4 Å². The van der Waals surface area contributed by atoms with Crippen LogP contribution in [0.25, 0.3) is 22.1 Å². The summed E-state index contributed by atoms with van der Waals surface area (Å²) in [5.74, 6) is 4.73. The highest BCUT2D eigenvalue weighted by Crippen LogP contribution is 2.67. The van der Waals surface area contributed by atoms with E-state index in [0.717, 1.165) is 60.0 Å². The lowest BCUT2D eigenvalue weighted by molar-refractivity contribution is -0.0514. The van der Waals surface area contributed by atoms with Gasteiger partial charge >= 0.3 is 6.09 Å². The molecule has 7 atom stereocenters. The Morgan fingerprint density at radius 1 is 0.981 bits per heavy atom. The lowest BCUT2D eigenvalue weighted by Gasteiger charge is -2.58. The smallest absolute Gasteiger partial charge is 0.411 e. The molecule has 284 valence electrons. The van der Waals surface area contributed by atoms with Gasteiger partial charge in [-0.15, -0.1) is 0 Å². The van der Waals surface area contributed by atoms with Crippen LogP contribution >= 0.6 is 0 Å². The number of nitrogens with zero attached hydrogens (tertiary/aromatic N) is 1. The van der Waals surface area contributed by atoms with Gasteiger partial charge in [0.05, 0.1) is 18.6 Å².